The summed E-state index contributed by atoms with van der Waals surface area (Å²) in [7, 11) is 0. The Balaban J connectivity index is 1.33. The maximum Gasteiger partial charge on any atom is 0.262 e. The summed E-state index contributed by atoms with van der Waals surface area (Å²) in [5, 5.41) is 11.6. The molecule has 1 aliphatic rings. The maximum absolute atomic E-state index is 12.2. The molecule has 0 aliphatic carbocycles. The average Bonchev–Trinajstić information content (AvgIpc) is 3.29. The zero-order valence-electron chi connectivity index (χ0n) is 17.4. The van der Waals surface area contributed by atoms with Gasteiger partial charge in [-0.1, -0.05) is 29.8 Å². The summed E-state index contributed by atoms with van der Waals surface area (Å²) in [4.78, 5) is 14.5. The van der Waals surface area contributed by atoms with Crippen LogP contribution in [0.2, 0.25) is 0 Å². The van der Waals surface area contributed by atoms with Crippen molar-refractivity contribution in [3.63, 3.8) is 0 Å². The number of nitrogens with one attached hydrogen (secondary N) is 1. The van der Waals surface area contributed by atoms with Crippen LogP contribution in [0, 0.1) is 13.8 Å². The van der Waals surface area contributed by atoms with Gasteiger partial charge in [0.1, 0.15) is 5.75 Å². The number of carbonyl (C=O) groups excluding carboxylic acids is 1. The van der Waals surface area contributed by atoms with Crippen LogP contribution in [0.5, 0.6) is 5.75 Å². The van der Waals surface area contributed by atoms with Gasteiger partial charge in [0.15, 0.2) is 12.4 Å². The van der Waals surface area contributed by atoms with Crippen LogP contribution in [0.25, 0.3) is 11.3 Å². The lowest BCUT2D eigenvalue weighted by Crippen LogP contribution is -2.20. The molecule has 154 valence electrons. The Morgan fingerprint density at radius 1 is 1.00 bits per heavy atom. The van der Waals surface area contributed by atoms with Gasteiger partial charge in [-0.15, -0.1) is 10.2 Å². The van der Waals surface area contributed by atoms with E-state index in [1.165, 1.54) is 18.4 Å². The summed E-state index contributed by atoms with van der Waals surface area (Å²) in [5.41, 5.74) is 4.67. The van der Waals surface area contributed by atoms with Gasteiger partial charge in [0, 0.05) is 24.3 Å². The minimum Gasteiger partial charge on any atom is -0.483 e. The van der Waals surface area contributed by atoms with Crippen molar-refractivity contribution in [1.29, 1.82) is 0 Å². The van der Waals surface area contributed by atoms with E-state index >= 15 is 0 Å². The Morgan fingerprint density at radius 2 is 1.77 bits per heavy atom. The molecule has 30 heavy (non-hydrogen) atoms. The highest BCUT2D eigenvalue weighted by Crippen LogP contribution is 2.23. The molecule has 0 saturated carbocycles. The quantitative estimate of drug-likeness (QED) is 0.663. The van der Waals surface area contributed by atoms with E-state index in [0.717, 1.165) is 47.2 Å². The van der Waals surface area contributed by atoms with Crippen molar-refractivity contribution in [2.24, 2.45) is 0 Å². The van der Waals surface area contributed by atoms with Gasteiger partial charge < -0.3 is 15.0 Å². The molecule has 2 heterocycles. The number of amides is 1. The molecule has 1 N–H and O–H groups in total. The Hall–Kier alpha value is -3.41. The van der Waals surface area contributed by atoms with Crippen LogP contribution in [-0.2, 0) is 4.79 Å². The third kappa shape index (κ3) is 4.76. The van der Waals surface area contributed by atoms with E-state index < -0.39 is 0 Å². The number of hydrogen-bond donors (Lipinski definition) is 1. The van der Waals surface area contributed by atoms with Crippen LogP contribution in [0.4, 0.5) is 11.5 Å². The standard InChI is InChI=1S/C24H26N4O2/c1-17-5-11-22(18(2)15-17)30-16-24(29)25-20-8-6-19(7-9-20)21-10-12-23(27-26-21)28-13-3-4-14-28/h5-12,15H,3-4,13-14,16H2,1-2H3,(H,25,29). The second-order valence-electron chi connectivity index (χ2n) is 7.65. The molecule has 0 bridgehead atoms. The number of aromatic nitrogens is 2. The third-order valence-electron chi connectivity index (χ3n) is 5.23. The number of carbonyl (C=O) groups is 1. The maximum atomic E-state index is 12.2. The Labute approximate surface area is 176 Å². The van der Waals surface area contributed by atoms with Gasteiger partial charge in [0.2, 0.25) is 0 Å². The fraction of sp³-hybridized carbons (Fsp3) is 0.292. The Kier molecular flexibility index (Phi) is 5.93. The monoisotopic (exact) mass is 402 g/mol. The van der Waals surface area contributed by atoms with E-state index in [4.69, 9.17) is 4.74 Å². The van der Waals surface area contributed by atoms with E-state index in [0.29, 0.717) is 0 Å². The average molecular weight is 402 g/mol. The SMILES string of the molecule is Cc1ccc(OCC(=O)Nc2ccc(-c3ccc(N4CCCC4)nn3)cc2)c(C)c1. The van der Waals surface area contributed by atoms with Gasteiger partial charge in [0.05, 0.1) is 5.69 Å². The lowest BCUT2D eigenvalue weighted by atomic mass is 10.1. The summed E-state index contributed by atoms with van der Waals surface area (Å²) in [5.74, 6) is 1.46. The summed E-state index contributed by atoms with van der Waals surface area (Å²) in [6.45, 7) is 6.07. The van der Waals surface area contributed by atoms with E-state index in [1.807, 2.05) is 68.4 Å². The van der Waals surface area contributed by atoms with E-state index in [-0.39, 0.29) is 12.5 Å². The molecule has 1 aromatic heterocycles. The Morgan fingerprint density at radius 3 is 2.43 bits per heavy atom. The first-order valence-electron chi connectivity index (χ1n) is 10.3. The molecule has 0 unspecified atom stereocenters. The van der Waals surface area contributed by atoms with E-state index in [2.05, 4.69) is 20.4 Å². The second-order valence-corrected chi connectivity index (χ2v) is 7.65. The van der Waals surface area contributed by atoms with Gasteiger partial charge in [-0.25, -0.2) is 0 Å². The zero-order chi connectivity index (χ0) is 20.9. The number of rotatable bonds is 6. The van der Waals surface area contributed by atoms with Gasteiger partial charge >= 0.3 is 0 Å². The van der Waals surface area contributed by atoms with Crippen molar-refractivity contribution in [3.05, 3.63) is 65.7 Å². The molecule has 6 nitrogen and oxygen atoms in total. The number of hydrogen-bond acceptors (Lipinski definition) is 5. The van der Waals surface area contributed by atoms with Crippen molar-refractivity contribution in [2.75, 3.05) is 29.9 Å². The lowest BCUT2D eigenvalue weighted by Gasteiger charge is -2.15. The van der Waals surface area contributed by atoms with Gasteiger partial charge in [-0.2, -0.15) is 0 Å². The lowest BCUT2D eigenvalue weighted by molar-refractivity contribution is -0.118. The molecule has 1 amide bonds. The molecular formula is C24H26N4O2. The highest BCUT2D eigenvalue weighted by Gasteiger charge is 2.14. The topological polar surface area (TPSA) is 67.3 Å². The third-order valence-corrected chi connectivity index (χ3v) is 5.23. The number of benzene rings is 2. The number of ether oxygens (including phenoxy) is 1. The molecule has 0 spiro atoms. The molecular weight excluding hydrogens is 376 g/mol. The minimum absolute atomic E-state index is 0.0326. The second kappa shape index (κ2) is 8.95. The van der Waals surface area contributed by atoms with Gasteiger partial charge in [0.25, 0.3) is 5.91 Å². The summed E-state index contributed by atoms with van der Waals surface area (Å²) >= 11 is 0. The number of anilines is 2. The fourth-order valence-corrected chi connectivity index (χ4v) is 3.62. The highest BCUT2D eigenvalue weighted by molar-refractivity contribution is 5.92. The first-order valence-corrected chi connectivity index (χ1v) is 10.3. The number of nitrogens with zero attached hydrogens (tertiary/aromatic N) is 3. The normalized spacial score (nSPS) is 13.3. The summed E-state index contributed by atoms with van der Waals surface area (Å²) in [6.07, 6.45) is 2.43. The molecule has 0 atom stereocenters. The zero-order valence-corrected chi connectivity index (χ0v) is 17.4. The van der Waals surface area contributed by atoms with E-state index in [9.17, 15) is 4.79 Å². The molecule has 4 rings (SSSR count). The fourth-order valence-electron chi connectivity index (χ4n) is 3.62. The van der Waals surface area contributed by atoms with Crippen molar-refractivity contribution < 1.29 is 9.53 Å². The van der Waals surface area contributed by atoms with Gasteiger partial charge in [-0.05, 0) is 62.6 Å². The summed E-state index contributed by atoms with van der Waals surface area (Å²) < 4.78 is 5.64. The smallest absolute Gasteiger partial charge is 0.262 e. The van der Waals surface area contributed by atoms with Crippen LogP contribution < -0.4 is 15.0 Å². The molecule has 1 saturated heterocycles. The van der Waals surface area contributed by atoms with E-state index in [1.54, 1.807) is 0 Å². The van der Waals surface area contributed by atoms with Gasteiger partial charge in [-0.3, -0.25) is 4.79 Å². The Bertz CT molecular complexity index is 1010. The summed E-state index contributed by atoms with van der Waals surface area (Å²) in [6, 6.07) is 17.5. The number of aryl methyl sites for hydroxylation is 2. The highest BCUT2D eigenvalue weighted by atomic mass is 16.5. The molecule has 1 fully saturated rings. The first kappa shape index (κ1) is 19.9. The minimum atomic E-state index is -0.197. The molecule has 1 aliphatic heterocycles. The molecule has 2 aromatic carbocycles. The molecule has 3 aromatic rings. The van der Waals surface area contributed by atoms with Crippen LogP contribution in [-0.4, -0.2) is 35.8 Å². The van der Waals surface area contributed by atoms with Crippen molar-refractivity contribution >= 4 is 17.4 Å². The van der Waals surface area contributed by atoms with Crippen molar-refractivity contribution in [1.82, 2.24) is 10.2 Å². The van der Waals surface area contributed by atoms with Crippen LogP contribution in [0.3, 0.4) is 0 Å². The predicted molar refractivity (Wildman–Crippen MR) is 119 cm³/mol. The van der Waals surface area contributed by atoms with Crippen LogP contribution in [0.15, 0.2) is 54.6 Å². The van der Waals surface area contributed by atoms with Crippen molar-refractivity contribution in [2.45, 2.75) is 26.7 Å². The molecule has 0 radical (unpaired) electrons. The van der Waals surface area contributed by atoms with Crippen LogP contribution in [0.1, 0.15) is 24.0 Å². The predicted octanol–water partition coefficient (Wildman–Crippen LogP) is 4.38. The first-order chi connectivity index (χ1) is 14.6. The largest absolute Gasteiger partial charge is 0.483 e. The molecule has 6 heteroatoms. The van der Waals surface area contributed by atoms with Crippen LogP contribution >= 0.6 is 0 Å². The van der Waals surface area contributed by atoms with Crippen molar-refractivity contribution in [3.8, 4) is 17.0 Å².